The maximum atomic E-state index is 12.0. The first-order valence-corrected chi connectivity index (χ1v) is 7.37. The van der Waals surface area contributed by atoms with Crippen molar-refractivity contribution in [2.24, 2.45) is 0 Å². The molecule has 0 aliphatic rings. The second-order valence-electron chi connectivity index (χ2n) is 4.38. The van der Waals surface area contributed by atoms with Crippen molar-refractivity contribution in [2.75, 3.05) is 7.11 Å². The highest BCUT2D eigenvalue weighted by Crippen LogP contribution is 2.24. The average molecular weight is 333 g/mol. The Balaban J connectivity index is 1.61. The predicted molar refractivity (Wildman–Crippen MR) is 79.0 cm³/mol. The van der Waals surface area contributed by atoms with Gasteiger partial charge in [0, 0.05) is 10.9 Å². The van der Waals surface area contributed by atoms with Crippen LogP contribution in [0.5, 0.6) is 0 Å². The molecule has 0 atom stereocenters. The summed E-state index contributed by atoms with van der Waals surface area (Å²) in [6, 6.07) is 4.75. The monoisotopic (exact) mass is 333 g/mol. The number of hydrogen-bond acceptors (Lipinski definition) is 8. The van der Waals surface area contributed by atoms with E-state index in [2.05, 4.69) is 9.72 Å². The molecule has 3 rings (SSSR count). The SMILES string of the molecule is COC(=O)c1ccc(COC(=O)c2csc(-c3ccoc3)n2)o1. The molecule has 3 aromatic heterocycles. The number of carbonyl (C=O) groups excluding carboxylic acids is 2. The van der Waals surface area contributed by atoms with Crippen molar-refractivity contribution < 1.29 is 27.9 Å². The molecule has 0 aliphatic heterocycles. The molecule has 0 unspecified atom stereocenters. The summed E-state index contributed by atoms with van der Waals surface area (Å²) in [4.78, 5) is 27.4. The highest BCUT2D eigenvalue weighted by atomic mass is 32.1. The summed E-state index contributed by atoms with van der Waals surface area (Å²) in [6.07, 6.45) is 3.08. The zero-order chi connectivity index (χ0) is 16.2. The molecule has 0 fully saturated rings. The van der Waals surface area contributed by atoms with Crippen LogP contribution in [0.15, 0.2) is 44.9 Å². The summed E-state index contributed by atoms with van der Waals surface area (Å²) in [5.74, 6) is -0.780. The van der Waals surface area contributed by atoms with Crippen LogP contribution in [-0.2, 0) is 16.1 Å². The first kappa shape index (κ1) is 15.0. The molecule has 23 heavy (non-hydrogen) atoms. The van der Waals surface area contributed by atoms with E-state index in [-0.39, 0.29) is 18.1 Å². The van der Waals surface area contributed by atoms with E-state index in [0.717, 1.165) is 5.56 Å². The Kier molecular flexibility index (Phi) is 4.24. The van der Waals surface area contributed by atoms with E-state index < -0.39 is 11.9 Å². The summed E-state index contributed by atoms with van der Waals surface area (Å²) >= 11 is 1.31. The minimum absolute atomic E-state index is 0.0504. The topological polar surface area (TPSA) is 91.8 Å². The molecule has 0 saturated carbocycles. The molecular formula is C15H11NO6S. The van der Waals surface area contributed by atoms with Crippen LogP contribution in [0, 0.1) is 0 Å². The fourth-order valence-corrected chi connectivity index (χ4v) is 2.54. The Labute approximate surface area is 134 Å². The van der Waals surface area contributed by atoms with Crippen LogP contribution in [0.4, 0.5) is 0 Å². The number of ether oxygens (including phenoxy) is 2. The third kappa shape index (κ3) is 3.32. The number of methoxy groups -OCH3 is 1. The van der Waals surface area contributed by atoms with E-state index in [4.69, 9.17) is 13.6 Å². The Morgan fingerprint density at radius 3 is 2.87 bits per heavy atom. The van der Waals surface area contributed by atoms with Crippen molar-refractivity contribution in [3.8, 4) is 10.6 Å². The largest absolute Gasteiger partial charge is 0.472 e. The second-order valence-corrected chi connectivity index (χ2v) is 5.24. The van der Waals surface area contributed by atoms with Crippen molar-refractivity contribution in [1.82, 2.24) is 4.98 Å². The number of furan rings is 2. The molecule has 118 valence electrons. The Bertz CT molecular complexity index is 817. The van der Waals surface area contributed by atoms with Crippen LogP contribution in [0.3, 0.4) is 0 Å². The van der Waals surface area contributed by atoms with Crippen molar-refractivity contribution in [3.05, 3.63) is 53.3 Å². The van der Waals surface area contributed by atoms with Crippen LogP contribution in [0.2, 0.25) is 0 Å². The molecule has 0 amide bonds. The van der Waals surface area contributed by atoms with Crippen molar-refractivity contribution in [2.45, 2.75) is 6.61 Å². The van der Waals surface area contributed by atoms with Gasteiger partial charge in [0.2, 0.25) is 5.76 Å². The van der Waals surface area contributed by atoms with E-state index in [1.54, 1.807) is 17.7 Å². The minimum atomic E-state index is -0.591. The molecule has 0 bridgehead atoms. The standard InChI is InChI=1S/C15H11NO6S/c1-19-15(18)12-3-2-10(22-12)7-21-14(17)11-8-23-13(16-11)9-4-5-20-6-9/h2-6,8H,7H2,1H3. The normalized spacial score (nSPS) is 10.5. The summed E-state index contributed by atoms with van der Waals surface area (Å²) in [7, 11) is 1.25. The van der Waals surface area contributed by atoms with Gasteiger partial charge in [0.15, 0.2) is 5.69 Å². The van der Waals surface area contributed by atoms with Crippen molar-refractivity contribution in [1.29, 1.82) is 0 Å². The van der Waals surface area contributed by atoms with Gasteiger partial charge in [-0.1, -0.05) is 0 Å². The summed E-state index contributed by atoms with van der Waals surface area (Å²) < 4.78 is 19.8. The lowest BCUT2D eigenvalue weighted by Crippen LogP contribution is -2.05. The Morgan fingerprint density at radius 2 is 2.13 bits per heavy atom. The minimum Gasteiger partial charge on any atom is -0.472 e. The number of esters is 2. The fraction of sp³-hybridized carbons (Fsp3) is 0.133. The molecule has 3 aromatic rings. The Morgan fingerprint density at radius 1 is 1.26 bits per heavy atom. The van der Waals surface area contributed by atoms with Gasteiger partial charge in [-0.05, 0) is 18.2 Å². The Hall–Kier alpha value is -2.87. The van der Waals surface area contributed by atoms with Gasteiger partial charge in [0.05, 0.1) is 13.4 Å². The van der Waals surface area contributed by atoms with Gasteiger partial charge in [-0.25, -0.2) is 14.6 Å². The molecule has 0 radical (unpaired) electrons. The van der Waals surface area contributed by atoms with Crippen LogP contribution >= 0.6 is 11.3 Å². The van der Waals surface area contributed by atoms with Crippen LogP contribution < -0.4 is 0 Å². The van der Waals surface area contributed by atoms with Gasteiger partial charge >= 0.3 is 11.9 Å². The zero-order valence-electron chi connectivity index (χ0n) is 12.0. The molecule has 7 nitrogen and oxygen atoms in total. The number of nitrogens with zero attached hydrogens (tertiary/aromatic N) is 1. The molecule has 0 spiro atoms. The number of rotatable bonds is 5. The van der Waals surface area contributed by atoms with Crippen molar-refractivity contribution >= 4 is 23.3 Å². The summed E-state index contributed by atoms with van der Waals surface area (Å²) in [5.41, 5.74) is 0.994. The lowest BCUT2D eigenvalue weighted by atomic mass is 10.3. The van der Waals surface area contributed by atoms with E-state index >= 15 is 0 Å². The lowest BCUT2D eigenvalue weighted by molar-refractivity contribution is 0.0432. The second kappa shape index (κ2) is 6.49. The lowest BCUT2D eigenvalue weighted by Gasteiger charge is -2.00. The van der Waals surface area contributed by atoms with Gasteiger partial charge in [0.1, 0.15) is 23.6 Å². The van der Waals surface area contributed by atoms with Gasteiger partial charge in [-0.15, -0.1) is 11.3 Å². The van der Waals surface area contributed by atoms with E-state index in [9.17, 15) is 9.59 Å². The molecule has 0 saturated heterocycles. The van der Waals surface area contributed by atoms with Crippen LogP contribution in [0.25, 0.3) is 10.6 Å². The fourth-order valence-electron chi connectivity index (χ4n) is 1.76. The predicted octanol–water partition coefficient (Wildman–Crippen LogP) is 3.14. The summed E-state index contributed by atoms with van der Waals surface area (Å²) in [6.45, 7) is -0.103. The first-order chi connectivity index (χ1) is 11.2. The summed E-state index contributed by atoms with van der Waals surface area (Å²) in [5, 5.41) is 2.27. The zero-order valence-corrected chi connectivity index (χ0v) is 12.8. The quantitative estimate of drug-likeness (QED) is 0.662. The smallest absolute Gasteiger partial charge is 0.373 e. The van der Waals surface area contributed by atoms with Gasteiger partial charge < -0.3 is 18.3 Å². The van der Waals surface area contributed by atoms with Gasteiger partial charge in [-0.3, -0.25) is 0 Å². The van der Waals surface area contributed by atoms with E-state index in [1.807, 2.05) is 0 Å². The molecule has 0 aromatic carbocycles. The van der Waals surface area contributed by atoms with Gasteiger partial charge in [-0.2, -0.15) is 0 Å². The number of carbonyl (C=O) groups is 2. The maximum absolute atomic E-state index is 12.0. The highest BCUT2D eigenvalue weighted by Gasteiger charge is 2.16. The third-order valence-electron chi connectivity index (χ3n) is 2.88. The number of hydrogen-bond donors (Lipinski definition) is 0. The van der Waals surface area contributed by atoms with Crippen molar-refractivity contribution in [3.63, 3.8) is 0 Å². The molecule has 3 heterocycles. The average Bonchev–Trinajstić information content (AvgIpc) is 3.32. The van der Waals surface area contributed by atoms with E-state index in [1.165, 1.54) is 36.8 Å². The third-order valence-corrected chi connectivity index (χ3v) is 3.77. The molecule has 0 aliphatic carbocycles. The van der Waals surface area contributed by atoms with E-state index in [0.29, 0.717) is 10.8 Å². The molecule has 0 N–H and O–H groups in total. The number of thiazole rings is 1. The number of aromatic nitrogens is 1. The van der Waals surface area contributed by atoms with Gasteiger partial charge in [0.25, 0.3) is 0 Å². The molecular weight excluding hydrogens is 322 g/mol. The molecule has 8 heteroatoms. The first-order valence-electron chi connectivity index (χ1n) is 6.49. The maximum Gasteiger partial charge on any atom is 0.373 e. The van der Waals surface area contributed by atoms with Crippen LogP contribution in [0.1, 0.15) is 26.8 Å². The van der Waals surface area contributed by atoms with Crippen LogP contribution in [-0.4, -0.2) is 24.0 Å². The highest BCUT2D eigenvalue weighted by molar-refractivity contribution is 7.13.